The van der Waals surface area contributed by atoms with Crippen molar-refractivity contribution in [3.63, 3.8) is 0 Å². The summed E-state index contributed by atoms with van der Waals surface area (Å²) in [4.78, 5) is 35.4. The Morgan fingerprint density at radius 1 is 1.22 bits per heavy atom. The summed E-state index contributed by atoms with van der Waals surface area (Å²) < 4.78 is 32.8. The van der Waals surface area contributed by atoms with Gasteiger partial charge in [-0.3, -0.25) is 19.7 Å². The van der Waals surface area contributed by atoms with Gasteiger partial charge in [-0.25, -0.2) is 18.2 Å². The molecule has 1 aliphatic rings. The van der Waals surface area contributed by atoms with Gasteiger partial charge in [0.05, 0.1) is 18.1 Å². The maximum Gasteiger partial charge on any atom is 0.327 e. The molecule has 27 heavy (non-hydrogen) atoms. The summed E-state index contributed by atoms with van der Waals surface area (Å²) in [6.07, 6.45) is 4.56. The lowest BCUT2D eigenvalue weighted by atomic mass is 10.3. The molecule has 3 aromatic rings. The van der Waals surface area contributed by atoms with E-state index in [0.717, 1.165) is 6.20 Å². The first-order chi connectivity index (χ1) is 12.9. The Kier molecular flexibility index (Phi) is 4.24. The normalized spacial score (nSPS) is 18.0. The smallest absolute Gasteiger partial charge is 0.327 e. The number of hydrogen-bond acceptors (Lipinski definition) is 7. The van der Waals surface area contributed by atoms with Gasteiger partial charge in [0.15, 0.2) is 0 Å². The Labute approximate surface area is 152 Å². The summed E-state index contributed by atoms with van der Waals surface area (Å²) in [5.74, 6) is 0.574. The molecular weight excluding hydrogens is 374 g/mol. The first kappa shape index (κ1) is 17.4. The third kappa shape index (κ3) is 3.34. The van der Waals surface area contributed by atoms with Crippen LogP contribution in [-0.4, -0.2) is 51.9 Å². The lowest BCUT2D eigenvalue weighted by Gasteiger charge is -2.17. The van der Waals surface area contributed by atoms with Crippen molar-refractivity contribution in [2.75, 3.05) is 13.1 Å². The van der Waals surface area contributed by atoms with Gasteiger partial charge in [0.1, 0.15) is 22.4 Å². The second-order valence-electron chi connectivity index (χ2n) is 6.06. The Morgan fingerprint density at radius 2 is 2.07 bits per heavy atom. The lowest BCUT2D eigenvalue weighted by molar-refractivity contribution is 0.214. The number of rotatable bonds is 4. The Hall–Kier alpha value is -3.05. The van der Waals surface area contributed by atoms with E-state index in [4.69, 9.17) is 4.74 Å². The molecule has 0 spiro atoms. The average molecular weight is 389 g/mol. The molecule has 0 saturated carbocycles. The summed E-state index contributed by atoms with van der Waals surface area (Å²) >= 11 is 0. The molecule has 0 radical (unpaired) electrons. The molecule has 1 atom stereocenters. The topological polar surface area (TPSA) is 138 Å². The van der Waals surface area contributed by atoms with Crippen molar-refractivity contribution in [1.29, 1.82) is 0 Å². The first-order valence-corrected chi connectivity index (χ1v) is 9.57. The molecule has 2 N–H and O–H groups in total. The number of nitrogens with one attached hydrogen (secondary N) is 2. The number of hydrogen-bond donors (Lipinski definition) is 2. The fourth-order valence-corrected chi connectivity index (χ4v) is 4.40. The molecule has 11 heteroatoms. The summed E-state index contributed by atoms with van der Waals surface area (Å²) in [7, 11) is -3.85. The number of aromatic amines is 2. The van der Waals surface area contributed by atoms with Crippen molar-refractivity contribution < 1.29 is 13.2 Å². The van der Waals surface area contributed by atoms with Crippen LogP contribution in [0.15, 0.2) is 51.3 Å². The lowest BCUT2D eigenvalue weighted by Crippen LogP contribution is -2.31. The van der Waals surface area contributed by atoms with Crippen molar-refractivity contribution in [1.82, 2.24) is 24.2 Å². The van der Waals surface area contributed by atoms with Crippen molar-refractivity contribution >= 4 is 21.1 Å². The second-order valence-corrected chi connectivity index (χ2v) is 7.99. The Bertz CT molecular complexity index is 1210. The minimum absolute atomic E-state index is 0.00182. The molecule has 10 nitrogen and oxygen atoms in total. The van der Waals surface area contributed by atoms with Crippen molar-refractivity contribution in [3.05, 3.63) is 57.6 Å². The highest BCUT2D eigenvalue weighted by atomic mass is 32.2. The van der Waals surface area contributed by atoms with E-state index in [0.29, 0.717) is 12.2 Å². The number of fused-ring (bicyclic) bond motifs is 1. The van der Waals surface area contributed by atoms with E-state index in [-0.39, 0.29) is 35.1 Å². The fourth-order valence-electron chi connectivity index (χ4n) is 2.94. The molecule has 4 rings (SSSR count). The van der Waals surface area contributed by atoms with Crippen LogP contribution in [0.5, 0.6) is 5.75 Å². The average Bonchev–Trinajstić information content (AvgIpc) is 3.11. The Balaban J connectivity index is 1.59. The summed E-state index contributed by atoms with van der Waals surface area (Å²) in [6, 6.07) is 4.70. The quantitative estimate of drug-likeness (QED) is 0.633. The maximum absolute atomic E-state index is 12.9. The summed E-state index contributed by atoms with van der Waals surface area (Å²) in [6.45, 7) is 0.463. The van der Waals surface area contributed by atoms with E-state index in [1.807, 2.05) is 0 Å². The van der Waals surface area contributed by atoms with Crippen molar-refractivity contribution in [3.8, 4) is 5.75 Å². The minimum atomic E-state index is -3.85. The molecule has 0 bridgehead atoms. The van der Waals surface area contributed by atoms with E-state index in [2.05, 4.69) is 19.9 Å². The zero-order valence-corrected chi connectivity index (χ0v) is 14.8. The SMILES string of the molecule is O=c1[nH]c(=O)c2cc(S(=O)(=O)N3CC[C@@H](Oc4cccnc4)C3)cnc2[nH]1. The van der Waals surface area contributed by atoms with Crippen LogP contribution in [-0.2, 0) is 10.0 Å². The zero-order valence-electron chi connectivity index (χ0n) is 14.0. The molecule has 4 heterocycles. The number of ether oxygens (including phenoxy) is 1. The minimum Gasteiger partial charge on any atom is -0.487 e. The van der Waals surface area contributed by atoms with Crippen LogP contribution in [0, 0.1) is 0 Å². The van der Waals surface area contributed by atoms with Crippen LogP contribution in [0.2, 0.25) is 0 Å². The molecule has 0 amide bonds. The molecule has 3 aromatic heterocycles. The standard InChI is InChI=1S/C16H15N5O5S/c22-15-13-6-12(8-18-14(13)19-16(23)20-15)27(24,25)21-5-3-11(9-21)26-10-2-1-4-17-7-10/h1-2,4,6-8,11H,3,5,9H2,(H2,18,19,20,22,23)/t11-/m1/s1. The van der Waals surface area contributed by atoms with Gasteiger partial charge in [-0.05, 0) is 24.6 Å². The van der Waals surface area contributed by atoms with E-state index < -0.39 is 21.3 Å². The highest BCUT2D eigenvalue weighted by Gasteiger charge is 2.34. The first-order valence-electron chi connectivity index (χ1n) is 8.13. The maximum atomic E-state index is 12.9. The van der Waals surface area contributed by atoms with Crippen LogP contribution in [0.3, 0.4) is 0 Å². The van der Waals surface area contributed by atoms with Gasteiger partial charge in [0.2, 0.25) is 10.0 Å². The number of sulfonamides is 1. The monoisotopic (exact) mass is 389 g/mol. The van der Waals surface area contributed by atoms with Crippen LogP contribution in [0.4, 0.5) is 0 Å². The number of H-pyrrole nitrogens is 2. The molecule has 1 aliphatic heterocycles. The van der Waals surface area contributed by atoms with Crippen LogP contribution >= 0.6 is 0 Å². The van der Waals surface area contributed by atoms with Crippen molar-refractivity contribution in [2.24, 2.45) is 0 Å². The summed E-state index contributed by atoms with van der Waals surface area (Å²) in [5, 5.41) is -0.00182. The largest absolute Gasteiger partial charge is 0.487 e. The van der Waals surface area contributed by atoms with Gasteiger partial charge < -0.3 is 4.74 Å². The number of aromatic nitrogens is 4. The molecule has 1 fully saturated rings. The van der Waals surface area contributed by atoms with Gasteiger partial charge in [-0.1, -0.05) is 0 Å². The van der Waals surface area contributed by atoms with E-state index in [9.17, 15) is 18.0 Å². The van der Waals surface area contributed by atoms with Gasteiger partial charge in [0, 0.05) is 18.9 Å². The summed E-state index contributed by atoms with van der Waals surface area (Å²) in [5.41, 5.74) is -1.37. The van der Waals surface area contributed by atoms with Gasteiger partial charge in [-0.15, -0.1) is 0 Å². The van der Waals surface area contributed by atoms with Gasteiger partial charge in [0.25, 0.3) is 5.56 Å². The van der Waals surface area contributed by atoms with E-state index in [1.54, 1.807) is 24.5 Å². The van der Waals surface area contributed by atoms with Gasteiger partial charge in [-0.2, -0.15) is 4.31 Å². The molecule has 140 valence electrons. The fraction of sp³-hybridized carbons (Fsp3) is 0.250. The highest BCUT2D eigenvalue weighted by Crippen LogP contribution is 2.24. The molecule has 0 aromatic carbocycles. The van der Waals surface area contributed by atoms with Crippen LogP contribution < -0.4 is 16.0 Å². The molecule has 1 saturated heterocycles. The zero-order chi connectivity index (χ0) is 19.0. The molecule has 0 unspecified atom stereocenters. The third-order valence-electron chi connectivity index (χ3n) is 4.25. The highest BCUT2D eigenvalue weighted by molar-refractivity contribution is 7.89. The third-order valence-corrected chi connectivity index (χ3v) is 6.08. The molecule has 0 aliphatic carbocycles. The predicted molar refractivity (Wildman–Crippen MR) is 95.0 cm³/mol. The second kappa shape index (κ2) is 6.59. The Morgan fingerprint density at radius 3 is 2.85 bits per heavy atom. The number of nitrogens with zero attached hydrogens (tertiary/aromatic N) is 3. The molecular formula is C16H15N5O5S. The van der Waals surface area contributed by atoms with E-state index >= 15 is 0 Å². The van der Waals surface area contributed by atoms with Crippen molar-refractivity contribution in [2.45, 2.75) is 17.4 Å². The predicted octanol–water partition coefficient (Wildman–Crippen LogP) is -0.152. The van der Waals surface area contributed by atoms with Crippen LogP contribution in [0.25, 0.3) is 11.0 Å². The number of pyridine rings is 2. The van der Waals surface area contributed by atoms with Gasteiger partial charge >= 0.3 is 5.69 Å². The van der Waals surface area contributed by atoms with Crippen LogP contribution in [0.1, 0.15) is 6.42 Å². The van der Waals surface area contributed by atoms with E-state index in [1.165, 1.54) is 10.4 Å².